The highest BCUT2D eigenvalue weighted by Gasteiger charge is 1.99. The van der Waals surface area contributed by atoms with Crippen molar-refractivity contribution in [2.24, 2.45) is 0 Å². The SMILES string of the molecule is Oc1cccc2ccoc12.Oc1cccc2ccoc12. The van der Waals surface area contributed by atoms with Gasteiger partial charge in [0, 0.05) is 10.8 Å². The van der Waals surface area contributed by atoms with Crippen molar-refractivity contribution in [3.05, 3.63) is 61.1 Å². The molecule has 2 aromatic heterocycles. The summed E-state index contributed by atoms with van der Waals surface area (Å²) in [4.78, 5) is 0. The van der Waals surface area contributed by atoms with Crippen molar-refractivity contribution in [3.8, 4) is 11.5 Å². The lowest BCUT2D eigenvalue weighted by Crippen LogP contribution is -1.63. The molecule has 2 heterocycles. The molecule has 4 rings (SSSR count). The number of hydrogen-bond donors (Lipinski definition) is 2. The molecule has 4 heteroatoms. The monoisotopic (exact) mass is 268 g/mol. The molecule has 0 saturated heterocycles. The highest BCUT2D eigenvalue weighted by Crippen LogP contribution is 2.25. The maximum absolute atomic E-state index is 9.17. The number of hydrogen-bond acceptors (Lipinski definition) is 4. The molecule has 0 saturated carbocycles. The molecule has 4 nitrogen and oxygen atoms in total. The topological polar surface area (TPSA) is 66.7 Å². The summed E-state index contributed by atoms with van der Waals surface area (Å²) in [6.07, 6.45) is 3.12. The van der Waals surface area contributed by atoms with Crippen molar-refractivity contribution in [1.82, 2.24) is 0 Å². The Balaban J connectivity index is 0.000000121. The number of rotatable bonds is 0. The summed E-state index contributed by atoms with van der Waals surface area (Å²) < 4.78 is 10.00. The Labute approximate surface area is 114 Å². The van der Waals surface area contributed by atoms with Crippen LogP contribution in [0.25, 0.3) is 21.9 Å². The van der Waals surface area contributed by atoms with E-state index < -0.39 is 0 Å². The maximum Gasteiger partial charge on any atom is 0.175 e. The summed E-state index contributed by atoms with van der Waals surface area (Å²) in [5.41, 5.74) is 1.12. The van der Waals surface area contributed by atoms with Crippen LogP contribution in [0.4, 0.5) is 0 Å². The molecular formula is C16H12O4. The lowest BCUT2D eigenvalue weighted by Gasteiger charge is -1.89. The summed E-state index contributed by atoms with van der Waals surface area (Å²) in [6.45, 7) is 0. The number of fused-ring (bicyclic) bond motifs is 2. The van der Waals surface area contributed by atoms with Gasteiger partial charge in [-0.3, -0.25) is 0 Å². The summed E-state index contributed by atoms with van der Waals surface area (Å²) in [7, 11) is 0. The van der Waals surface area contributed by atoms with Crippen LogP contribution in [0, 0.1) is 0 Å². The second kappa shape index (κ2) is 5.01. The Kier molecular flexibility index (Phi) is 3.05. The standard InChI is InChI=1S/2C8H6O2/c2*9-7-3-1-2-6-4-5-10-8(6)7/h2*1-5,9H. The van der Waals surface area contributed by atoms with Gasteiger partial charge in [0.15, 0.2) is 22.7 Å². The van der Waals surface area contributed by atoms with Gasteiger partial charge >= 0.3 is 0 Å². The van der Waals surface area contributed by atoms with Gasteiger partial charge in [0.05, 0.1) is 12.5 Å². The molecule has 0 unspecified atom stereocenters. The zero-order valence-corrected chi connectivity index (χ0v) is 10.5. The Morgan fingerprint density at radius 1 is 0.600 bits per heavy atom. The zero-order valence-electron chi connectivity index (χ0n) is 10.5. The molecule has 4 aromatic rings. The first-order valence-corrected chi connectivity index (χ1v) is 6.06. The van der Waals surface area contributed by atoms with Crippen LogP contribution in [0.1, 0.15) is 0 Å². The van der Waals surface area contributed by atoms with Crippen molar-refractivity contribution in [2.45, 2.75) is 0 Å². The number of aromatic hydroxyl groups is 2. The molecule has 0 radical (unpaired) electrons. The van der Waals surface area contributed by atoms with Gasteiger partial charge in [0.2, 0.25) is 0 Å². The first-order chi connectivity index (χ1) is 9.75. The van der Waals surface area contributed by atoms with Gasteiger partial charge in [-0.05, 0) is 24.3 Å². The minimum absolute atomic E-state index is 0.197. The van der Waals surface area contributed by atoms with Crippen LogP contribution in [0.5, 0.6) is 11.5 Å². The summed E-state index contributed by atoms with van der Waals surface area (Å²) in [5, 5.41) is 20.2. The largest absolute Gasteiger partial charge is 0.504 e. The molecule has 2 aromatic carbocycles. The average Bonchev–Trinajstić information content (AvgIpc) is 3.08. The van der Waals surface area contributed by atoms with Crippen LogP contribution in [0.2, 0.25) is 0 Å². The fourth-order valence-electron chi connectivity index (χ4n) is 1.95. The maximum atomic E-state index is 9.17. The van der Waals surface area contributed by atoms with E-state index in [0.717, 1.165) is 10.8 Å². The van der Waals surface area contributed by atoms with Crippen molar-refractivity contribution in [2.75, 3.05) is 0 Å². The lowest BCUT2D eigenvalue weighted by molar-refractivity contribution is 0.465. The predicted octanol–water partition coefficient (Wildman–Crippen LogP) is 4.28. The van der Waals surface area contributed by atoms with E-state index in [1.807, 2.05) is 24.3 Å². The van der Waals surface area contributed by atoms with E-state index in [1.165, 1.54) is 0 Å². The second-order valence-corrected chi connectivity index (χ2v) is 4.23. The summed E-state index contributed by atoms with van der Waals surface area (Å²) >= 11 is 0. The highest BCUT2D eigenvalue weighted by molar-refractivity contribution is 5.83. The minimum Gasteiger partial charge on any atom is -0.504 e. The van der Waals surface area contributed by atoms with E-state index in [9.17, 15) is 0 Å². The van der Waals surface area contributed by atoms with E-state index in [1.54, 1.807) is 36.8 Å². The molecule has 0 amide bonds. The van der Waals surface area contributed by atoms with Gasteiger partial charge in [-0.25, -0.2) is 0 Å². The number of benzene rings is 2. The Morgan fingerprint density at radius 3 is 1.45 bits per heavy atom. The average molecular weight is 268 g/mol. The van der Waals surface area contributed by atoms with Crippen molar-refractivity contribution in [1.29, 1.82) is 0 Å². The second-order valence-electron chi connectivity index (χ2n) is 4.23. The van der Waals surface area contributed by atoms with E-state index in [0.29, 0.717) is 11.2 Å². The zero-order chi connectivity index (χ0) is 13.9. The first kappa shape index (κ1) is 12.2. The summed E-state index contributed by atoms with van der Waals surface area (Å²) in [6, 6.07) is 14.2. The van der Waals surface area contributed by atoms with Crippen LogP contribution < -0.4 is 0 Å². The molecular weight excluding hydrogens is 256 g/mol. The quantitative estimate of drug-likeness (QED) is 0.499. The fraction of sp³-hybridized carbons (Fsp3) is 0. The molecule has 2 N–H and O–H groups in total. The number of phenols is 2. The van der Waals surface area contributed by atoms with Crippen LogP contribution in [0.3, 0.4) is 0 Å². The number of phenolic OH excluding ortho intramolecular Hbond substituents is 2. The predicted molar refractivity (Wildman–Crippen MR) is 75.8 cm³/mol. The Morgan fingerprint density at radius 2 is 1.05 bits per heavy atom. The van der Waals surface area contributed by atoms with Crippen molar-refractivity contribution >= 4 is 21.9 Å². The van der Waals surface area contributed by atoms with E-state index in [4.69, 9.17) is 19.0 Å². The minimum atomic E-state index is 0.197. The molecule has 0 aliphatic rings. The molecule has 20 heavy (non-hydrogen) atoms. The third kappa shape index (κ3) is 2.19. The van der Waals surface area contributed by atoms with Gasteiger partial charge in [0.25, 0.3) is 0 Å². The van der Waals surface area contributed by atoms with Crippen molar-refractivity contribution in [3.63, 3.8) is 0 Å². The lowest BCUT2D eigenvalue weighted by atomic mass is 10.2. The molecule has 0 aliphatic carbocycles. The van der Waals surface area contributed by atoms with Crippen LogP contribution in [-0.2, 0) is 0 Å². The van der Waals surface area contributed by atoms with Gasteiger partial charge in [-0.15, -0.1) is 0 Å². The third-order valence-electron chi connectivity index (χ3n) is 2.92. The normalized spacial score (nSPS) is 10.4. The third-order valence-corrected chi connectivity index (χ3v) is 2.92. The molecule has 0 spiro atoms. The highest BCUT2D eigenvalue weighted by atomic mass is 16.3. The van der Waals surface area contributed by atoms with Crippen LogP contribution >= 0.6 is 0 Å². The molecule has 0 bridgehead atoms. The van der Waals surface area contributed by atoms with Crippen molar-refractivity contribution < 1.29 is 19.0 Å². The van der Waals surface area contributed by atoms with Crippen LogP contribution in [-0.4, -0.2) is 10.2 Å². The molecule has 100 valence electrons. The first-order valence-electron chi connectivity index (χ1n) is 6.06. The fourth-order valence-corrected chi connectivity index (χ4v) is 1.95. The van der Waals surface area contributed by atoms with Gasteiger partial charge in [-0.1, -0.05) is 24.3 Å². The van der Waals surface area contributed by atoms with Gasteiger partial charge < -0.3 is 19.0 Å². The van der Waals surface area contributed by atoms with E-state index in [2.05, 4.69) is 0 Å². The number of furan rings is 2. The molecule has 0 atom stereocenters. The van der Waals surface area contributed by atoms with Gasteiger partial charge in [0.1, 0.15) is 0 Å². The Hall–Kier alpha value is -2.88. The van der Waals surface area contributed by atoms with Gasteiger partial charge in [-0.2, -0.15) is 0 Å². The molecule has 0 fully saturated rings. The molecule has 0 aliphatic heterocycles. The van der Waals surface area contributed by atoms with Crippen LogP contribution in [0.15, 0.2) is 69.9 Å². The van der Waals surface area contributed by atoms with E-state index in [-0.39, 0.29) is 11.5 Å². The summed E-state index contributed by atoms with van der Waals surface area (Å²) in [5.74, 6) is 0.394. The van der Waals surface area contributed by atoms with E-state index >= 15 is 0 Å². The number of para-hydroxylation sites is 2. The Bertz CT molecular complexity index is 770. The smallest absolute Gasteiger partial charge is 0.175 e.